The highest BCUT2D eigenvalue weighted by molar-refractivity contribution is 7.89. The molecule has 0 spiro atoms. The molecule has 4 rings (SSSR count). The molecule has 3 aromatic rings. The van der Waals surface area contributed by atoms with Crippen molar-refractivity contribution < 1.29 is 21.6 Å². The normalized spacial score (nSPS) is 14.7. The summed E-state index contributed by atoms with van der Waals surface area (Å²) in [6.45, 7) is 2.53. The van der Waals surface area contributed by atoms with Crippen molar-refractivity contribution in [2.75, 3.05) is 0 Å². The number of allylic oxidation sites excluding steroid dienone is 4. The van der Waals surface area contributed by atoms with Crippen molar-refractivity contribution in [3.05, 3.63) is 59.9 Å². The lowest BCUT2D eigenvalue weighted by Gasteiger charge is -2.17. The van der Waals surface area contributed by atoms with Crippen molar-refractivity contribution in [1.29, 1.82) is 5.26 Å². The lowest BCUT2D eigenvalue weighted by atomic mass is 10.1. The maximum atomic E-state index is 12.8. The molecule has 0 fully saturated rings. The molecule has 0 saturated carbocycles. The van der Waals surface area contributed by atoms with E-state index >= 15 is 0 Å². The second kappa shape index (κ2) is 7.58. The Bertz CT molecular complexity index is 1430. The van der Waals surface area contributed by atoms with Crippen LogP contribution in [0, 0.1) is 18.3 Å². The van der Waals surface area contributed by atoms with Gasteiger partial charge in [0.15, 0.2) is 0 Å². The van der Waals surface area contributed by atoms with E-state index in [0.717, 1.165) is 23.7 Å². The molecule has 0 aromatic carbocycles. The summed E-state index contributed by atoms with van der Waals surface area (Å²) in [5, 5.41) is 10.4. The molecular weight excluding hydrogens is 443 g/mol. The number of sulfonamides is 1. The molecule has 11 heteroatoms. The van der Waals surface area contributed by atoms with Crippen molar-refractivity contribution >= 4 is 26.8 Å². The number of hydrogen-bond acceptors (Lipinski definition) is 5. The molecule has 1 aliphatic carbocycles. The number of halogens is 3. The second-order valence-corrected chi connectivity index (χ2v) is 8.92. The molecule has 164 valence electrons. The van der Waals surface area contributed by atoms with Gasteiger partial charge in [-0.05, 0) is 50.3 Å². The summed E-state index contributed by atoms with van der Waals surface area (Å²) >= 11 is 0. The van der Waals surface area contributed by atoms with Gasteiger partial charge in [-0.1, -0.05) is 6.08 Å². The van der Waals surface area contributed by atoms with Crippen LogP contribution in [-0.2, 0) is 10.0 Å². The molecule has 0 bridgehead atoms. The van der Waals surface area contributed by atoms with Gasteiger partial charge in [-0.15, -0.1) is 0 Å². The van der Waals surface area contributed by atoms with E-state index in [4.69, 9.17) is 0 Å². The molecule has 1 aliphatic rings. The van der Waals surface area contributed by atoms with E-state index in [2.05, 4.69) is 16.0 Å². The van der Waals surface area contributed by atoms with E-state index in [1.807, 2.05) is 25.2 Å². The summed E-state index contributed by atoms with van der Waals surface area (Å²) in [7, 11) is -4.45. The van der Waals surface area contributed by atoms with Crippen molar-refractivity contribution in [2.24, 2.45) is 0 Å². The van der Waals surface area contributed by atoms with Gasteiger partial charge < -0.3 is 0 Å². The van der Waals surface area contributed by atoms with E-state index in [9.17, 15) is 26.9 Å². The Hall–Kier alpha value is -3.49. The van der Waals surface area contributed by atoms with E-state index in [1.165, 1.54) is 6.07 Å². The molecule has 0 saturated heterocycles. The summed E-state index contributed by atoms with van der Waals surface area (Å²) in [5.41, 5.74) is 3.06. The third-order valence-electron chi connectivity index (χ3n) is 4.97. The first-order chi connectivity index (χ1) is 15.0. The van der Waals surface area contributed by atoms with Gasteiger partial charge in [0, 0.05) is 23.0 Å². The van der Waals surface area contributed by atoms with Gasteiger partial charge in [0.1, 0.15) is 22.7 Å². The van der Waals surface area contributed by atoms with Crippen molar-refractivity contribution in [2.45, 2.75) is 31.0 Å². The van der Waals surface area contributed by atoms with Crippen molar-refractivity contribution in [1.82, 2.24) is 19.3 Å². The fourth-order valence-electron chi connectivity index (χ4n) is 3.24. The summed E-state index contributed by atoms with van der Waals surface area (Å²) in [4.78, 5) is 8.28. The maximum absolute atomic E-state index is 12.8. The summed E-state index contributed by atoms with van der Waals surface area (Å²) < 4.78 is 66.3. The predicted octanol–water partition coefficient (Wildman–Crippen LogP) is 3.92. The zero-order chi connectivity index (χ0) is 23.3. The molecule has 1 N–H and O–H groups in total. The Labute approximate surface area is 181 Å². The van der Waals surface area contributed by atoms with Gasteiger partial charge in [0.2, 0.25) is 10.0 Å². The van der Waals surface area contributed by atoms with Gasteiger partial charge in [-0.3, -0.25) is 9.55 Å². The Balaban J connectivity index is 1.82. The molecular formula is C21H16F3N5O2S. The van der Waals surface area contributed by atoms with Crippen LogP contribution in [0.2, 0.25) is 0 Å². The quantitative estimate of drug-likeness (QED) is 0.623. The monoisotopic (exact) mass is 459 g/mol. The Morgan fingerprint density at radius 3 is 2.47 bits per heavy atom. The highest BCUT2D eigenvalue weighted by Gasteiger charge is 2.39. The highest BCUT2D eigenvalue weighted by atomic mass is 32.2. The number of aryl methyl sites for hydroxylation is 1. The number of hydrogen-bond donors (Lipinski definition) is 1. The zero-order valence-electron chi connectivity index (χ0n) is 16.8. The lowest BCUT2D eigenvalue weighted by Crippen LogP contribution is -2.42. The SMILES string of the molecule is Cc1ccc2c(C#N)c(-c3ccc(S(=O)(=O)N[C@H](C)C(F)(F)F)cn3)n(C3=CC=C3)c2n1. The van der Waals surface area contributed by atoms with Crippen LogP contribution >= 0.6 is 0 Å². The molecule has 0 aliphatic heterocycles. The van der Waals surface area contributed by atoms with Gasteiger partial charge in [0.05, 0.1) is 17.0 Å². The summed E-state index contributed by atoms with van der Waals surface area (Å²) in [5.74, 6) is 0. The molecule has 0 radical (unpaired) electrons. The fraction of sp³-hybridized carbons (Fsp3) is 0.190. The minimum absolute atomic E-state index is 0.279. The number of nitrogens with zero attached hydrogens (tertiary/aromatic N) is 4. The molecule has 3 aromatic heterocycles. The van der Waals surface area contributed by atoms with Gasteiger partial charge in [0.25, 0.3) is 0 Å². The number of rotatable bonds is 5. The number of pyridine rings is 2. The number of fused-ring (bicyclic) bond motifs is 1. The minimum atomic E-state index is -4.72. The highest BCUT2D eigenvalue weighted by Crippen LogP contribution is 2.36. The Kier molecular flexibility index (Phi) is 5.15. The van der Waals surface area contributed by atoms with E-state index < -0.39 is 27.1 Å². The van der Waals surface area contributed by atoms with Crippen LogP contribution in [0.15, 0.2) is 53.6 Å². The molecule has 0 amide bonds. The largest absolute Gasteiger partial charge is 0.404 e. The molecule has 1 atom stereocenters. The topological polar surface area (TPSA) is 101 Å². The number of aromatic nitrogens is 3. The van der Waals surface area contributed by atoms with Gasteiger partial charge in [-0.2, -0.15) is 23.2 Å². The first kappa shape index (κ1) is 21.7. The molecule has 7 nitrogen and oxygen atoms in total. The number of alkyl halides is 3. The van der Waals surface area contributed by atoms with Crippen LogP contribution < -0.4 is 4.72 Å². The second-order valence-electron chi connectivity index (χ2n) is 7.21. The Morgan fingerprint density at radius 2 is 1.94 bits per heavy atom. The molecule has 3 heterocycles. The van der Waals surface area contributed by atoms with Crippen LogP contribution in [0.5, 0.6) is 0 Å². The average molecular weight is 459 g/mol. The first-order valence-corrected chi connectivity index (χ1v) is 10.9. The van der Waals surface area contributed by atoms with Crippen LogP contribution in [0.4, 0.5) is 13.2 Å². The standard InChI is InChI=1S/C21H16F3N5O2S/c1-12-6-8-16-17(10-25)19(29(20(16)27-12)14-4-3-5-14)18-9-7-15(11-26-18)32(30,31)28-13(2)21(22,23)24/h3-9,11,13,28H,1-2H3/t13-/m1/s1. The number of nitriles is 1. The van der Waals surface area contributed by atoms with Gasteiger partial charge in [-0.25, -0.2) is 13.4 Å². The predicted molar refractivity (Wildman–Crippen MR) is 112 cm³/mol. The van der Waals surface area contributed by atoms with Crippen LogP contribution in [-0.4, -0.2) is 35.2 Å². The third-order valence-corrected chi connectivity index (χ3v) is 6.50. The lowest BCUT2D eigenvalue weighted by molar-refractivity contribution is -0.147. The Morgan fingerprint density at radius 1 is 1.22 bits per heavy atom. The van der Waals surface area contributed by atoms with E-state index in [0.29, 0.717) is 29.2 Å². The fourth-order valence-corrected chi connectivity index (χ4v) is 4.41. The van der Waals surface area contributed by atoms with Crippen LogP contribution in [0.1, 0.15) is 18.2 Å². The first-order valence-electron chi connectivity index (χ1n) is 9.39. The van der Waals surface area contributed by atoms with E-state index in [1.54, 1.807) is 21.4 Å². The molecule has 32 heavy (non-hydrogen) atoms. The average Bonchev–Trinajstić information content (AvgIpc) is 2.99. The van der Waals surface area contributed by atoms with Crippen molar-refractivity contribution in [3.8, 4) is 17.5 Å². The van der Waals surface area contributed by atoms with Gasteiger partial charge >= 0.3 is 6.18 Å². The minimum Gasteiger partial charge on any atom is -0.291 e. The summed E-state index contributed by atoms with van der Waals surface area (Å²) in [6.07, 6.45) is 1.72. The van der Waals surface area contributed by atoms with Crippen LogP contribution in [0.3, 0.4) is 0 Å². The smallest absolute Gasteiger partial charge is 0.291 e. The summed E-state index contributed by atoms with van der Waals surface area (Å²) in [6, 6.07) is 5.97. The third kappa shape index (κ3) is 3.68. The molecule has 0 unspecified atom stereocenters. The van der Waals surface area contributed by atoms with Crippen molar-refractivity contribution in [3.63, 3.8) is 0 Å². The van der Waals surface area contributed by atoms with Crippen LogP contribution in [0.25, 0.3) is 28.1 Å². The van der Waals surface area contributed by atoms with E-state index in [-0.39, 0.29) is 5.69 Å². The zero-order valence-corrected chi connectivity index (χ0v) is 17.7. The maximum Gasteiger partial charge on any atom is 0.404 e. The number of nitrogens with one attached hydrogen (secondary N) is 1.